The molecule has 0 bridgehead atoms. The van der Waals surface area contributed by atoms with Gasteiger partial charge in [-0.25, -0.2) is 8.42 Å². The minimum Gasteiger partial charge on any atom is -0.336 e. The Bertz CT molecular complexity index is 1080. The molecule has 1 fully saturated rings. The third-order valence-electron chi connectivity index (χ3n) is 4.99. The van der Waals surface area contributed by atoms with Crippen molar-refractivity contribution in [1.82, 2.24) is 18.8 Å². The van der Waals surface area contributed by atoms with Crippen LogP contribution in [-0.2, 0) is 10.0 Å². The summed E-state index contributed by atoms with van der Waals surface area (Å²) in [7, 11) is -3.65. The summed E-state index contributed by atoms with van der Waals surface area (Å²) in [6, 6.07) is 15.4. The fraction of sp³-hybridized carbons (Fsp3) is 0.250. The number of rotatable bonds is 4. The minimum atomic E-state index is -3.65. The van der Waals surface area contributed by atoms with E-state index in [0.717, 1.165) is 11.3 Å². The molecular weight excluding hydrogens is 408 g/mol. The maximum atomic E-state index is 13.1. The number of piperazine rings is 1. The highest BCUT2D eigenvalue weighted by atomic mass is 32.2. The Balaban J connectivity index is 1.49. The van der Waals surface area contributed by atoms with Crippen LogP contribution in [0.3, 0.4) is 0 Å². The molecule has 2 heterocycles. The van der Waals surface area contributed by atoms with Gasteiger partial charge in [-0.3, -0.25) is 4.79 Å². The van der Waals surface area contributed by atoms with Crippen LogP contribution >= 0.6 is 11.5 Å². The number of carbonyl (C=O) groups is 1. The highest BCUT2D eigenvalue weighted by Gasteiger charge is 2.35. The Morgan fingerprint density at radius 3 is 2.41 bits per heavy atom. The Morgan fingerprint density at radius 2 is 1.79 bits per heavy atom. The summed E-state index contributed by atoms with van der Waals surface area (Å²) in [6.07, 6.45) is 0. The first-order valence-electron chi connectivity index (χ1n) is 9.20. The van der Waals surface area contributed by atoms with Gasteiger partial charge in [-0.2, -0.15) is 4.31 Å². The first kappa shape index (κ1) is 19.7. The van der Waals surface area contributed by atoms with Crippen LogP contribution in [0, 0.1) is 0 Å². The molecule has 0 saturated carbocycles. The molecular formula is C20H20N4O3S2. The first-order chi connectivity index (χ1) is 14.0. The van der Waals surface area contributed by atoms with Gasteiger partial charge in [0.05, 0.1) is 4.90 Å². The molecule has 7 nitrogen and oxygen atoms in total. The van der Waals surface area contributed by atoms with Crippen molar-refractivity contribution in [3.05, 3.63) is 65.5 Å². The van der Waals surface area contributed by atoms with E-state index in [-0.39, 0.29) is 23.4 Å². The van der Waals surface area contributed by atoms with Gasteiger partial charge in [-0.05, 0) is 42.7 Å². The smallest absolute Gasteiger partial charge is 0.253 e. The zero-order chi connectivity index (χ0) is 20.4. The summed E-state index contributed by atoms with van der Waals surface area (Å²) in [5, 5.41) is 5.82. The predicted octanol–water partition coefficient (Wildman–Crippen LogP) is 2.74. The van der Waals surface area contributed by atoms with E-state index in [1.54, 1.807) is 41.3 Å². The molecule has 1 unspecified atom stereocenters. The Labute approximate surface area is 173 Å². The minimum absolute atomic E-state index is 0.0734. The van der Waals surface area contributed by atoms with Gasteiger partial charge in [0.25, 0.3) is 5.91 Å². The second-order valence-corrected chi connectivity index (χ2v) is 9.40. The molecule has 3 aromatic rings. The number of aromatic nitrogens is 2. The molecule has 0 spiro atoms. The Hall–Kier alpha value is -2.62. The third-order valence-corrected chi connectivity index (χ3v) is 7.52. The number of hydrogen-bond acceptors (Lipinski definition) is 6. The quantitative estimate of drug-likeness (QED) is 0.638. The standard InChI is InChI=1S/C20H20N4O3S2/c1-15-13-23(20(25)17-5-3-2-4-6-17)11-12-24(15)29(26,27)18-9-7-16(8-10-18)19-14-28-22-21-19/h2-10,14-15H,11-13H2,1H3. The average Bonchev–Trinajstić information content (AvgIpc) is 3.28. The van der Waals surface area contributed by atoms with E-state index in [0.29, 0.717) is 18.7 Å². The molecule has 1 aliphatic rings. The summed E-state index contributed by atoms with van der Waals surface area (Å²) >= 11 is 1.25. The van der Waals surface area contributed by atoms with Crippen LogP contribution in [0.4, 0.5) is 0 Å². The van der Waals surface area contributed by atoms with E-state index < -0.39 is 10.0 Å². The predicted molar refractivity (Wildman–Crippen MR) is 111 cm³/mol. The third kappa shape index (κ3) is 3.93. The SMILES string of the molecule is CC1CN(C(=O)c2ccccc2)CCN1S(=O)(=O)c1ccc(-c2csnn2)cc1. The molecule has 29 heavy (non-hydrogen) atoms. The van der Waals surface area contributed by atoms with Crippen molar-refractivity contribution >= 4 is 27.5 Å². The lowest BCUT2D eigenvalue weighted by molar-refractivity contribution is 0.0642. The van der Waals surface area contributed by atoms with Crippen LogP contribution < -0.4 is 0 Å². The van der Waals surface area contributed by atoms with Gasteiger partial charge in [0, 0.05) is 42.2 Å². The highest BCUT2D eigenvalue weighted by molar-refractivity contribution is 7.89. The van der Waals surface area contributed by atoms with Gasteiger partial charge in [-0.1, -0.05) is 34.8 Å². The van der Waals surface area contributed by atoms with Crippen molar-refractivity contribution in [2.24, 2.45) is 0 Å². The fourth-order valence-electron chi connectivity index (χ4n) is 3.47. The molecule has 4 rings (SSSR count). The molecule has 0 N–H and O–H groups in total. The number of nitrogens with zero attached hydrogens (tertiary/aromatic N) is 4. The lowest BCUT2D eigenvalue weighted by Crippen LogP contribution is -2.55. The lowest BCUT2D eigenvalue weighted by Gasteiger charge is -2.39. The second-order valence-electron chi connectivity index (χ2n) is 6.90. The van der Waals surface area contributed by atoms with Gasteiger partial charge in [0.1, 0.15) is 5.69 Å². The molecule has 0 radical (unpaired) electrons. The number of sulfonamides is 1. The summed E-state index contributed by atoms with van der Waals surface area (Å²) in [4.78, 5) is 14.6. The number of carbonyl (C=O) groups excluding carboxylic acids is 1. The molecule has 150 valence electrons. The largest absolute Gasteiger partial charge is 0.336 e. The van der Waals surface area contributed by atoms with Crippen molar-refractivity contribution in [1.29, 1.82) is 0 Å². The molecule has 1 amide bonds. The van der Waals surface area contributed by atoms with Crippen LogP contribution in [0.1, 0.15) is 17.3 Å². The van der Waals surface area contributed by atoms with Crippen molar-refractivity contribution in [2.45, 2.75) is 17.9 Å². The van der Waals surface area contributed by atoms with Crippen LogP contribution in [-0.4, -0.2) is 58.8 Å². The van der Waals surface area contributed by atoms with E-state index >= 15 is 0 Å². The van der Waals surface area contributed by atoms with E-state index in [2.05, 4.69) is 9.59 Å². The van der Waals surface area contributed by atoms with Gasteiger partial charge in [-0.15, -0.1) is 5.10 Å². The highest BCUT2D eigenvalue weighted by Crippen LogP contribution is 2.25. The van der Waals surface area contributed by atoms with E-state index in [9.17, 15) is 13.2 Å². The summed E-state index contributed by atoms with van der Waals surface area (Å²) < 4.78 is 31.6. The second kappa shape index (κ2) is 8.02. The van der Waals surface area contributed by atoms with E-state index in [1.165, 1.54) is 15.8 Å². The van der Waals surface area contributed by atoms with E-state index in [4.69, 9.17) is 0 Å². The summed E-state index contributed by atoms with van der Waals surface area (Å²) in [6.45, 7) is 2.81. The van der Waals surface area contributed by atoms with Gasteiger partial charge in [0.2, 0.25) is 10.0 Å². The number of hydrogen-bond donors (Lipinski definition) is 0. The van der Waals surface area contributed by atoms with Gasteiger partial charge in [0.15, 0.2) is 0 Å². The Morgan fingerprint density at radius 1 is 1.07 bits per heavy atom. The van der Waals surface area contributed by atoms with Crippen molar-refractivity contribution in [3.8, 4) is 11.3 Å². The topological polar surface area (TPSA) is 83.5 Å². The molecule has 1 atom stereocenters. The zero-order valence-corrected chi connectivity index (χ0v) is 17.4. The van der Waals surface area contributed by atoms with Crippen LogP contribution in [0.2, 0.25) is 0 Å². The van der Waals surface area contributed by atoms with Crippen LogP contribution in [0.25, 0.3) is 11.3 Å². The molecule has 9 heteroatoms. The van der Waals surface area contributed by atoms with Crippen LogP contribution in [0.15, 0.2) is 64.9 Å². The summed E-state index contributed by atoms with van der Waals surface area (Å²) in [5.74, 6) is -0.0734. The number of amides is 1. The molecule has 2 aromatic carbocycles. The molecule has 1 saturated heterocycles. The number of benzene rings is 2. The van der Waals surface area contributed by atoms with Crippen molar-refractivity contribution < 1.29 is 13.2 Å². The molecule has 1 aromatic heterocycles. The van der Waals surface area contributed by atoms with E-state index in [1.807, 2.05) is 30.5 Å². The zero-order valence-electron chi connectivity index (χ0n) is 15.8. The van der Waals surface area contributed by atoms with Crippen LogP contribution in [0.5, 0.6) is 0 Å². The monoisotopic (exact) mass is 428 g/mol. The average molecular weight is 429 g/mol. The molecule has 0 aliphatic carbocycles. The Kier molecular flexibility index (Phi) is 5.44. The maximum absolute atomic E-state index is 13.1. The van der Waals surface area contributed by atoms with Gasteiger partial charge >= 0.3 is 0 Å². The first-order valence-corrected chi connectivity index (χ1v) is 11.5. The van der Waals surface area contributed by atoms with Crippen molar-refractivity contribution in [2.75, 3.05) is 19.6 Å². The lowest BCUT2D eigenvalue weighted by atomic mass is 10.1. The summed E-state index contributed by atoms with van der Waals surface area (Å²) in [5.41, 5.74) is 2.16. The van der Waals surface area contributed by atoms with Gasteiger partial charge < -0.3 is 4.90 Å². The normalized spacial score (nSPS) is 18.0. The molecule has 1 aliphatic heterocycles. The van der Waals surface area contributed by atoms with Crippen molar-refractivity contribution in [3.63, 3.8) is 0 Å². The maximum Gasteiger partial charge on any atom is 0.253 e. The fourth-order valence-corrected chi connectivity index (χ4v) is 5.55.